The van der Waals surface area contributed by atoms with Crippen molar-refractivity contribution in [3.05, 3.63) is 11.9 Å². The molecule has 8 heteroatoms. The summed E-state index contributed by atoms with van der Waals surface area (Å²) in [6, 6.07) is 0.252. The maximum atomic E-state index is 12.4. The van der Waals surface area contributed by atoms with Gasteiger partial charge < -0.3 is 5.32 Å². The number of rotatable bonds is 3. The molecule has 0 radical (unpaired) electrons. The Morgan fingerprint density at radius 3 is 2.61 bits per heavy atom. The largest absolute Gasteiger partial charge is 0.316 e. The summed E-state index contributed by atoms with van der Waals surface area (Å²) >= 11 is 0. The number of likely N-dealkylation sites (N-methyl/N-ethyl adjacent to an activating group) is 1. The standard InChI is InChI=1S/C10H18N4O2S.ClH/c1-8-10(6-12-13(8)3)17(15,16)14-5-4-9(7-14)11-2;/h6,9,11H,4-5,7H2,1-3H3;1H. The minimum absolute atomic E-state index is 0. The van der Waals surface area contributed by atoms with Gasteiger partial charge in [0.25, 0.3) is 0 Å². The zero-order valence-electron chi connectivity index (χ0n) is 10.8. The van der Waals surface area contributed by atoms with E-state index in [9.17, 15) is 8.42 Å². The number of hydrogen-bond acceptors (Lipinski definition) is 4. The van der Waals surface area contributed by atoms with Crippen molar-refractivity contribution < 1.29 is 8.42 Å². The first-order valence-electron chi connectivity index (χ1n) is 5.63. The van der Waals surface area contributed by atoms with Gasteiger partial charge in [-0.3, -0.25) is 4.68 Å². The van der Waals surface area contributed by atoms with Crippen LogP contribution in [0.1, 0.15) is 12.1 Å². The molecule has 2 rings (SSSR count). The van der Waals surface area contributed by atoms with Crippen LogP contribution in [0.2, 0.25) is 0 Å². The van der Waals surface area contributed by atoms with Crippen molar-refractivity contribution in [2.24, 2.45) is 7.05 Å². The van der Waals surface area contributed by atoms with Crippen molar-refractivity contribution in [1.29, 1.82) is 0 Å². The minimum Gasteiger partial charge on any atom is -0.316 e. The molecule has 0 spiro atoms. The molecule has 2 heterocycles. The lowest BCUT2D eigenvalue weighted by atomic mass is 10.3. The first-order valence-corrected chi connectivity index (χ1v) is 7.07. The maximum absolute atomic E-state index is 12.4. The molecule has 0 amide bonds. The van der Waals surface area contributed by atoms with Crippen molar-refractivity contribution >= 4 is 22.4 Å². The molecule has 18 heavy (non-hydrogen) atoms. The monoisotopic (exact) mass is 294 g/mol. The predicted octanol–water partition coefficient (Wildman–Crippen LogP) is 0.133. The molecule has 0 aliphatic carbocycles. The van der Waals surface area contributed by atoms with Crippen LogP contribution in [-0.2, 0) is 17.1 Å². The smallest absolute Gasteiger partial charge is 0.246 e. The summed E-state index contributed by atoms with van der Waals surface area (Å²) in [5.41, 5.74) is 0.679. The fraction of sp³-hybridized carbons (Fsp3) is 0.700. The molecule has 1 aromatic rings. The van der Waals surface area contributed by atoms with Crippen LogP contribution in [0.3, 0.4) is 0 Å². The molecular formula is C10H19ClN4O2S. The molecule has 1 aliphatic heterocycles. The fourth-order valence-electron chi connectivity index (χ4n) is 2.05. The van der Waals surface area contributed by atoms with Gasteiger partial charge in [0.15, 0.2) is 0 Å². The van der Waals surface area contributed by atoms with E-state index in [1.54, 1.807) is 18.7 Å². The van der Waals surface area contributed by atoms with Gasteiger partial charge in [-0.05, 0) is 20.4 Å². The SMILES string of the molecule is CNC1CCN(S(=O)(=O)c2cnn(C)c2C)C1.Cl. The van der Waals surface area contributed by atoms with E-state index in [0.29, 0.717) is 23.7 Å². The number of nitrogens with one attached hydrogen (secondary N) is 1. The second-order valence-electron chi connectivity index (χ2n) is 4.36. The summed E-state index contributed by atoms with van der Waals surface area (Å²) in [5, 5.41) is 7.10. The topological polar surface area (TPSA) is 67.2 Å². The maximum Gasteiger partial charge on any atom is 0.246 e. The average Bonchev–Trinajstić information content (AvgIpc) is 2.87. The van der Waals surface area contributed by atoms with Crippen molar-refractivity contribution in [3.8, 4) is 0 Å². The van der Waals surface area contributed by atoms with Crippen LogP contribution in [0.25, 0.3) is 0 Å². The van der Waals surface area contributed by atoms with Gasteiger partial charge in [0.2, 0.25) is 10.0 Å². The van der Waals surface area contributed by atoms with Gasteiger partial charge in [-0.1, -0.05) is 0 Å². The van der Waals surface area contributed by atoms with Crippen molar-refractivity contribution in [2.45, 2.75) is 24.3 Å². The van der Waals surface area contributed by atoms with Crippen LogP contribution in [0.15, 0.2) is 11.1 Å². The van der Waals surface area contributed by atoms with Crippen LogP contribution < -0.4 is 5.32 Å². The van der Waals surface area contributed by atoms with Gasteiger partial charge >= 0.3 is 0 Å². The lowest BCUT2D eigenvalue weighted by Crippen LogP contribution is -2.33. The highest BCUT2D eigenvalue weighted by molar-refractivity contribution is 7.89. The van der Waals surface area contributed by atoms with Crippen LogP contribution in [0, 0.1) is 6.92 Å². The quantitative estimate of drug-likeness (QED) is 0.861. The van der Waals surface area contributed by atoms with Crippen molar-refractivity contribution in [3.63, 3.8) is 0 Å². The highest BCUT2D eigenvalue weighted by Gasteiger charge is 2.33. The third-order valence-electron chi connectivity index (χ3n) is 3.37. The Bertz CT molecular complexity index is 514. The summed E-state index contributed by atoms with van der Waals surface area (Å²) in [4.78, 5) is 0.316. The highest BCUT2D eigenvalue weighted by atomic mass is 35.5. The van der Waals surface area contributed by atoms with Gasteiger partial charge in [-0.25, -0.2) is 8.42 Å². The molecule has 1 atom stereocenters. The molecule has 0 bridgehead atoms. The Labute approximate surface area is 114 Å². The van der Waals surface area contributed by atoms with E-state index in [-0.39, 0.29) is 18.4 Å². The van der Waals surface area contributed by atoms with E-state index in [1.165, 1.54) is 10.5 Å². The minimum atomic E-state index is -3.38. The van der Waals surface area contributed by atoms with E-state index in [1.807, 2.05) is 7.05 Å². The van der Waals surface area contributed by atoms with Gasteiger partial charge in [0, 0.05) is 26.2 Å². The molecule has 1 N–H and O–H groups in total. The Morgan fingerprint density at radius 1 is 1.50 bits per heavy atom. The van der Waals surface area contributed by atoms with Crippen molar-refractivity contribution in [2.75, 3.05) is 20.1 Å². The second-order valence-corrected chi connectivity index (χ2v) is 6.26. The number of aromatic nitrogens is 2. The van der Waals surface area contributed by atoms with Gasteiger partial charge in [0.1, 0.15) is 4.90 Å². The van der Waals surface area contributed by atoms with E-state index < -0.39 is 10.0 Å². The van der Waals surface area contributed by atoms with Crippen molar-refractivity contribution in [1.82, 2.24) is 19.4 Å². The second kappa shape index (κ2) is 5.56. The molecule has 0 saturated carbocycles. The molecule has 1 aliphatic rings. The summed E-state index contributed by atoms with van der Waals surface area (Å²) in [6.07, 6.45) is 2.28. The number of nitrogens with zero attached hydrogens (tertiary/aromatic N) is 3. The average molecular weight is 295 g/mol. The molecule has 1 unspecified atom stereocenters. The zero-order chi connectivity index (χ0) is 12.6. The molecular weight excluding hydrogens is 276 g/mol. The zero-order valence-corrected chi connectivity index (χ0v) is 12.4. The lowest BCUT2D eigenvalue weighted by molar-refractivity contribution is 0.464. The first kappa shape index (κ1) is 15.4. The van der Waals surface area contributed by atoms with Crippen LogP contribution in [0.4, 0.5) is 0 Å². The Morgan fingerprint density at radius 2 is 2.17 bits per heavy atom. The molecule has 104 valence electrons. The number of halogens is 1. The molecule has 1 aromatic heterocycles. The first-order chi connectivity index (χ1) is 7.96. The molecule has 6 nitrogen and oxygen atoms in total. The van der Waals surface area contributed by atoms with Crippen LogP contribution in [0.5, 0.6) is 0 Å². The Balaban J connectivity index is 0.00000162. The van der Waals surface area contributed by atoms with Crippen LogP contribution in [-0.4, -0.2) is 48.7 Å². The Hall–Kier alpha value is -0.630. The number of hydrogen-bond donors (Lipinski definition) is 1. The molecule has 1 fully saturated rings. The van der Waals surface area contributed by atoms with E-state index in [0.717, 1.165) is 6.42 Å². The van der Waals surface area contributed by atoms with Crippen LogP contribution >= 0.6 is 12.4 Å². The third kappa shape index (κ3) is 2.54. The normalized spacial score (nSPS) is 20.9. The predicted molar refractivity (Wildman–Crippen MR) is 71.4 cm³/mol. The van der Waals surface area contributed by atoms with Gasteiger partial charge in [-0.2, -0.15) is 9.40 Å². The van der Waals surface area contributed by atoms with E-state index in [4.69, 9.17) is 0 Å². The lowest BCUT2D eigenvalue weighted by Gasteiger charge is -2.16. The van der Waals surface area contributed by atoms with E-state index >= 15 is 0 Å². The summed E-state index contributed by atoms with van der Waals surface area (Å²) in [6.45, 7) is 2.88. The van der Waals surface area contributed by atoms with E-state index in [2.05, 4.69) is 10.4 Å². The third-order valence-corrected chi connectivity index (χ3v) is 5.34. The summed E-state index contributed by atoms with van der Waals surface area (Å²) in [5.74, 6) is 0. The molecule has 0 aromatic carbocycles. The summed E-state index contributed by atoms with van der Waals surface area (Å²) in [7, 11) is 0.220. The highest BCUT2D eigenvalue weighted by Crippen LogP contribution is 2.22. The number of sulfonamides is 1. The van der Waals surface area contributed by atoms with Gasteiger partial charge in [0.05, 0.1) is 11.9 Å². The molecule has 1 saturated heterocycles. The van der Waals surface area contributed by atoms with Gasteiger partial charge in [-0.15, -0.1) is 12.4 Å². The Kier molecular flexibility index (Phi) is 4.77. The summed E-state index contributed by atoms with van der Waals surface area (Å²) < 4.78 is 27.9. The number of aryl methyl sites for hydroxylation is 1. The fourth-order valence-corrected chi connectivity index (χ4v) is 3.74.